The second kappa shape index (κ2) is 7.58. The Morgan fingerprint density at radius 2 is 2.23 bits per heavy atom. The Hall–Kier alpha value is -1.63. The molecule has 0 saturated carbocycles. The zero-order valence-corrected chi connectivity index (χ0v) is 13.6. The zero-order valence-electron chi connectivity index (χ0n) is 12.8. The third-order valence-electron chi connectivity index (χ3n) is 3.83. The van der Waals surface area contributed by atoms with Crippen LogP contribution in [-0.4, -0.2) is 48.8 Å². The van der Waals surface area contributed by atoms with Crippen LogP contribution in [0.4, 0.5) is 0 Å². The minimum absolute atomic E-state index is 0. The second-order valence-corrected chi connectivity index (χ2v) is 5.24. The molecule has 6 nitrogen and oxygen atoms in total. The Labute approximate surface area is 136 Å². The smallest absolute Gasteiger partial charge is 0.231 e. The molecule has 0 aliphatic carbocycles. The van der Waals surface area contributed by atoms with Gasteiger partial charge in [-0.1, -0.05) is 23.4 Å². The number of benzene rings is 1. The number of ether oxygens (including phenoxy) is 1. The Morgan fingerprint density at radius 3 is 3.00 bits per heavy atom. The van der Waals surface area contributed by atoms with E-state index in [0.717, 1.165) is 36.8 Å². The van der Waals surface area contributed by atoms with Gasteiger partial charge in [-0.2, -0.15) is 4.98 Å². The van der Waals surface area contributed by atoms with Crippen molar-refractivity contribution in [2.45, 2.75) is 12.5 Å². The SMILES string of the molecule is COc1ccccc1Cc1nc(C2CNCCN2C)no1.Cl. The van der Waals surface area contributed by atoms with Crippen LogP contribution in [0.2, 0.25) is 0 Å². The van der Waals surface area contributed by atoms with Gasteiger partial charge in [0.2, 0.25) is 5.89 Å². The molecule has 1 fully saturated rings. The van der Waals surface area contributed by atoms with Gasteiger partial charge in [-0.25, -0.2) is 0 Å². The number of methoxy groups -OCH3 is 1. The molecule has 2 heterocycles. The molecule has 3 rings (SSSR count). The van der Waals surface area contributed by atoms with E-state index in [4.69, 9.17) is 9.26 Å². The number of halogens is 1. The molecule has 22 heavy (non-hydrogen) atoms. The number of rotatable bonds is 4. The standard InChI is InChI=1S/C15H20N4O2.ClH/c1-19-8-7-16-10-12(19)15-17-14(21-18-15)9-11-5-3-4-6-13(11)20-2;/h3-6,12,16H,7-10H2,1-2H3;1H. The van der Waals surface area contributed by atoms with Crippen LogP contribution in [0.15, 0.2) is 28.8 Å². The van der Waals surface area contributed by atoms with Gasteiger partial charge in [-0.05, 0) is 13.1 Å². The third kappa shape index (κ3) is 3.58. The molecule has 0 spiro atoms. The number of piperazine rings is 1. The number of hydrogen-bond acceptors (Lipinski definition) is 6. The molecule has 1 aliphatic heterocycles. The van der Waals surface area contributed by atoms with E-state index in [2.05, 4.69) is 27.4 Å². The van der Waals surface area contributed by atoms with E-state index in [1.54, 1.807) is 7.11 Å². The first kappa shape index (κ1) is 16.7. The lowest BCUT2D eigenvalue weighted by Gasteiger charge is -2.30. The van der Waals surface area contributed by atoms with Crippen molar-refractivity contribution >= 4 is 12.4 Å². The molecule has 2 aromatic rings. The molecule has 0 radical (unpaired) electrons. The summed E-state index contributed by atoms with van der Waals surface area (Å²) in [6.07, 6.45) is 0.584. The van der Waals surface area contributed by atoms with E-state index in [1.165, 1.54) is 0 Å². The molecular weight excluding hydrogens is 304 g/mol. The van der Waals surface area contributed by atoms with Crippen molar-refractivity contribution in [2.75, 3.05) is 33.8 Å². The summed E-state index contributed by atoms with van der Waals surface area (Å²) in [4.78, 5) is 6.78. The molecule has 0 bridgehead atoms. The monoisotopic (exact) mass is 324 g/mol. The van der Waals surface area contributed by atoms with Crippen LogP contribution in [0.5, 0.6) is 5.75 Å². The van der Waals surface area contributed by atoms with Gasteiger partial charge in [0.15, 0.2) is 5.82 Å². The highest BCUT2D eigenvalue weighted by molar-refractivity contribution is 5.85. The third-order valence-corrected chi connectivity index (χ3v) is 3.83. The molecule has 0 amide bonds. The molecular formula is C15H21ClN4O2. The number of hydrogen-bond donors (Lipinski definition) is 1. The fraction of sp³-hybridized carbons (Fsp3) is 0.467. The van der Waals surface area contributed by atoms with E-state index in [1.807, 2.05) is 24.3 Å². The number of nitrogens with one attached hydrogen (secondary N) is 1. The predicted molar refractivity (Wildman–Crippen MR) is 85.6 cm³/mol. The normalized spacial score (nSPS) is 18.7. The van der Waals surface area contributed by atoms with E-state index in [9.17, 15) is 0 Å². The van der Waals surface area contributed by atoms with Crippen molar-refractivity contribution in [1.82, 2.24) is 20.4 Å². The number of aromatic nitrogens is 2. The van der Waals surface area contributed by atoms with Gasteiger partial charge < -0.3 is 14.6 Å². The maximum atomic E-state index is 5.40. The van der Waals surface area contributed by atoms with Crippen molar-refractivity contribution in [1.29, 1.82) is 0 Å². The van der Waals surface area contributed by atoms with Gasteiger partial charge in [-0.15, -0.1) is 12.4 Å². The van der Waals surface area contributed by atoms with Crippen LogP contribution >= 0.6 is 12.4 Å². The summed E-state index contributed by atoms with van der Waals surface area (Å²) < 4.78 is 10.7. The van der Waals surface area contributed by atoms with E-state index >= 15 is 0 Å². The summed E-state index contributed by atoms with van der Waals surface area (Å²) in [5.41, 5.74) is 1.05. The zero-order chi connectivity index (χ0) is 14.7. The first-order valence-corrected chi connectivity index (χ1v) is 7.13. The predicted octanol–water partition coefficient (Wildman–Crippen LogP) is 1.67. The van der Waals surface area contributed by atoms with Gasteiger partial charge in [0.1, 0.15) is 5.75 Å². The lowest BCUT2D eigenvalue weighted by Crippen LogP contribution is -2.44. The van der Waals surface area contributed by atoms with Crippen molar-refractivity contribution in [3.05, 3.63) is 41.5 Å². The molecule has 1 atom stereocenters. The number of likely N-dealkylation sites (N-methyl/N-ethyl adjacent to an activating group) is 1. The number of para-hydroxylation sites is 1. The average molecular weight is 325 g/mol. The first-order valence-electron chi connectivity index (χ1n) is 7.13. The van der Waals surface area contributed by atoms with Crippen LogP contribution in [0.25, 0.3) is 0 Å². The molecule has 1 aliphatic rings. The molecule has 1 aromatic carbocycles. The van der Waals surface area contributed by atoms with Crippen molar-refractivity contribution < 1.29 is 9.26 Å². The van der Waals surface area contributed by atoms with Gasteiger partial charge in [0, 0.05) is 25.2 Å². The van der Waals surface area contributed by atoms with Crippen LogP contribution in [0.1, 0.15) is 23.3 Å². The minimum atomic E-state index is 0. The Morgan fingerprint density at radius 1 is 1.41 bits per heavy atom. The molecule has 1 saturated heterocycles. The van der Waals surface area contributed by atoms with E-state index in [0.29, 0.717) is 12.3 Å². The summed E-state index contributed by atoms with van der Waals surface area (Å²) in [6, 6.07) is 8.05. The maximum absolute atomic E-state index is 5.40. The molecule has 1 N–H and O–H groups in total. The topological polar surface area (TPSA) is 63.4 Å². The Balaban J connectivity index is 0.00000176. The number of nitrogens with zero attached hydrogens (tertiary/aromatic N) is 3. The summed E-state index contributed by atoms with van der Waals surface area (Å²) in [5, 5.41) is 7.49. The van der Waals surface area contributed by atoms with Crippen LogP contribution < -0.4 is 10.1 Å². The molecule has 1 aromatic heterocycles. The minimum Gasteiger partial charge on any atom is -0.496 e. The van der Waals surface area contributed by atoms with Gasteiger partial charge in [0.25, 0.3) is 0 Å². The summed E-state index contributed by atoms with van der Waals surface area (Å²) in [7, 11) is 3.75. The fourth-order valence-corrected chi connectivity index (χ4v) is 2.58. The van der Waals surface area contributed by atoms with Crippen LogP contribution in [0, 0.1) is 0 Å². The van der Waals surface area contributed by atoms with Gasteiger partial charge in [0.05, 0.1) is 19.6 Å². The highest BCUT2D eigenvalue weighted by Crippen LogP contribution is 2.22. The average Bonchev–Trinajstić information content (AvgIpc) is 2.96. The van der Waals surface area contributed by atoms with Gasteiger partial charge in [-0.3, -0.25) is 4.90 Å². The van der Waals surface area contributed by atoms with Crippen molar-refractivity contribution in [3.8, 4) is 5.75 Å². The highest BCUT2D eigenvalue weighted by atomic mass is 35.5. The van der Waals surface area contributed by atoms with Gasteiger partial charge >= 0.3 is 0 Å². The fourth-order valence-electron chi connectivity index (χ4n) is 2.58. The molecule has 120 valence electrons. The maximum Gasteiger partial charge on any atom is 0.231 e. The largest absolute Gasteiger partial charge is 0.496 e. The molecule has 7 heteroatoms. The Bertz CT molecular complexity index is 605. The van der Waals surface area contributed by atoms with E-state index < -0.39 is 0 Å². The second-order valence-electron chi connectivity index (χ2n) is 5.24. The lowest BCUT2D eigenvalue weighted by molar-refractivity contribution is 0.190. The summed E-state index contributed by atoms with van der Waals surface area (Å²) in [5.74, 6) is 2.21. The Kier molecular flexibility index (Phi) is 5.76. The summed E-state index contributed by atoms with van der Waals surface area (Å²) >= 11 is 0. The lowest BCUT2D eigenvalue weighted by atomic mass is 10.1. The highest BCUT2D eigenvalue weighted by Gasteiger charge is 2.25. The van der Waals surface area contributed by atoms with Crippen molar-refractivity contribution in [3.63, 3.8) is 0 Å². The quantitative estimate of drug-likeness (QED) is 0.923. The molecule has 1 unspecified atom stereocenters. The summed E-state index contributed by atoms with van der Waals surface area (Å²) in [6.45, 7) is 2.84. The van der Waals surface area contributed by atoms with Crippen LogP contribution in [-0.2, 0) is 6.42 Å². The first-order chi connectivity index (χ1) is 10.3. The van der Waals surface area contributed by atoms with E-state index in [-0.39, 0.29) is 18.4 Å². The van der Waals surface area contributed by atoms with Crippen LogP contribution in [0.3, 0.4) is 0 Å². The van der Waals surface area contributed by atoms with Crippen molar-refractivity contribution in [2.24, 2.45) is 0 Å².